The second-order valence-electron chi connectivity index (χ2n) is 3.43. The zero-order valence-corrected chi connectivity index (χ0v) is 9.67. The minimum atomic E-state index is -0.777. The number of carbonyl (C=O) groups excluding carboxylic acids is 2. The Balaban J connectivity index is 1.90. The number of rotatable bonds is 5. The Labute approximate surface area is 102 Å². The largest absolute Gasteiger partial charge is 0.461 e. The summed E-state index contributed by atoms with van der Waals surface area (Å²) < 4.78 is 10.0. The van der Waals surface area contributed by atoms with Crippen molar-refractivity contribution in [1.29, 1.82) is 0 Å². The van der Waals surface area contributed by atoms with E-state index in [4.69, 9.17) is 8.83 Å². The van der Waals surface area contributed by atoms with Gasteiger partial charge in [0.15, 0.2) is 5.76 Å². The van der Waals surface area contributed by atoms with Gasteiger partial charge in [-0.05, 0) is 12.1 Å². The van der Waals surface area contributed by atoms with E-state index in [9.17, 15) is 9.59 Å². The molecule has 7 nitrogen and oxygen atoms in total. The second-order valence-corrected chi connectivity index (χ2v) is 3.43. The Kier molecular flexibility index (Phi) is 3.52. The monoisotopic (exact) mass is 249 g/mol. The van der Waals surface area contributed by atoms with Crippen molar-refractivity contribution in [3.63, 3.8) is 0 Å². The maximum Gasteiger partial charge on any atom is 0.296 e. The summed E-state index contributed by atoms with van der Waals surface area (Å²) in [4.78, 5) is 23.0. The van der Waals surface area contributed by atoms with Gasteiger partial charge in [-0.3, -0.25) is 9.59 Å². The third-order valence-corrected chi connectivity index (χ3v) is 2.16. The van der Waals surface area contributed by atoms with Gasteiger partial charge in [0.25, 0.3) is 11.7 Å². The molecule has 2 aromatic heterocycles. The first kappa shape index (κ1) is 12.0. The van der Waals surface area contributed by atoms with Crippen molar-refractivity contribution in [2.45, 2.75) is 19.9 Å². The highest BCUT2D eigenvalue weighted by Gasteiger charge is 2.19. The number of ketones is 1. The standard InChI is InChI=1S/C11H11N3O4/c1-2-8-13-14-9(18-8)6-12-11(16)10(15)7-4-3-5-17-7/h3-5H,2,6H2,1H3,(H,12,16). The fraction of sp³-hybridized carbons (Fsp3) is 0.273. The number of carbonyl (C=O) groups is 2. The molecule has 1 N–H and O–H groups in total. The summed E-state index contributed by atoms with van der Waals surface area (Å²) in [7, 11) is 0. The number of Topliss-reactive ketones (excluding diaryl/α,β-unsaturated/α-hetero) is 1. The molecule has 0 aliphatic rings. The van der Waals surface area contributed by atoms with Crippen LogP contribution < -0.4 is 5.32 Å². The number of hydrogen-bond acceptors (Lipinski definition) is 6. The number of aromatic nitrogens is 2. The Bertz CT molecular complexity index is 544. The average Bonchev–Trinajstić information content (AvgIpc) is 3.05. The van der Waals surface area contributed by atoms with Gasteiger partial charge in [-0.2, -0.15) is 0 Å². The summed E-state index contributed by atoms with van der Waals surface area (Å²) in [5, 5.41) is 9.83. The van der Waals surface area contributed by atoms with Crippen LogP contribution in [0.25, 0.3) is 0 Å². The van der Waals surface area contributed by atoms with Gasteiger partial charge in [0.1, 0.15) is 0 Å². The molecule has 2 rings (SSSR count). The van der Waals surface area contributed by atoms with Crippen molar-refractivity contribution in [3.05, 3.63) is 35.9 Å². The van der Waals surface area contributed by atoms with Crippen molar-refractivity contribution in [1.82, 2.24) is 15.5 Å². The minimum absolute atomic E-state index is 0.00715. The first-order valence-electron chi connectivity index (χ1n) is 5.38. The summed E-state index contributed by atoms with van der Waals surface area (Å²) in [5.41, 5.74) is 0. The van der Waals surface area contributed by atoms with Crippen LogP contribution in [-0.4, -0.2) is 21.9 Å². The first-order valence-corrected chi connectivity index (χ1v) is 5.38. The predicted molar refractivity (Wildman–Crippen MR) is 58.6 cm³/mol. The Morgan fingerprint density at radius 1 is 1.33 bits per heavy atom. The minimum Gasteiger partial charge on any atom is -0.461 e. The van der Waals surface area contributed by atoms with E-state index in [0.717, 1.165) is 0 Å². The quantitative estimate of drug-likeness (QED) is 0.619. The molecule has 0 aromatic carbocycles. The van der Waals surface area contributed by atoms with E-state index in [2.05, 4.69) is 15.5 Å². The number of nitrogens with one attached hydrogen (secondary N) is 1. The van der Waals surface area contributed by atoms with E-state index in [1.165, 1.54) is 18.4 Å². The molecule has 0 spiro atoms. The maximum absolute atomic E-state index is 11.5. The van der Waals surface area contributed by atoms with Crippen LogP contribution in [0.1, 0.15) is 29.3 Å². The molecule has 0 atom stereocenters. The molecule has 7 heteroatoms. The summed E-state index contributed by atoms with van der Waals surface area (Å²) in [6, 6.07) is 2.95. The SMILES string of the molecule is CCc1nnc(CNC(=O)C(=O)c2ccco2)o1. The number of hydrogen-bond donors (Lipinski definition) is 1. The second kappa shape index (κ2) is 5.26. The summed E-state index contributed by atoms with van der Waals surface area (Å²) in [6.45, 7) is 1.88. The molecule has 0 saturated heterocycles. The van der Waals surface area contributed by atoms with Gasteiger partial charge in [0.05, 0.1) is 12.8 Å². The van der Waals surface area contributed by atoms with E-state index >= 15 is 0 Å². The van der Waals surface area contributed by atoms with E-state index in [0.29, 0.717) is 12.3 Å². The molecule has 0 bridgehead atoms. The van der Waals surface area contributed by atoms with Crippen LogP contribution in [0.3, 0.4) is 0 Å². The van der Waals surface area contributed by atoms with Crippen molar-refractivity contribution in [2.24, 2.45) is 0 Å². The molecule has 0 fully saturated rings. The smallest absolute Gasteiger partial charge is 0.296 e. The Hall–Kier alpha value is -2.44. The summed E-state index contributed by atoms with van der Waals surface area (Å²) in [5.74, 6) is -0.784. The molecule has 0 aliphatic heterocycles. The van der Waals surface area contributed by atoms with Gasteiger partial charge in [-0.15, -0.1) is 10.2 Å². The lowest BCUT2D eigenvalue weighted by molar-refractivity contribution is -0.117. The van der Waals surface area contributed by atoms with Crippen molar-refractivity contribution >= 4 is 11.7 Å². The third kappa shape index (κ3) is 2.62. The fourth-order valence-electron chi connectivity index (χ4n) is 1.26. The number of amides is 1. The first-order chi connectivity index (χ1) is 8.70. The fourth-order valence-corrected chi connectivity index (χ4v) is 1.26. The molecule has 2 aromatic rings. The zero-order valence-electron chi connectivity index (χ0n) is 9.67. The van der Waals surface area contributed by atoms with Crippen molar-refractivity contribution in [3.8, 4) is 0 Å². The number of furan rings is 1. The van der Waals surface area contributed by atoms with Gasteiger partial charge in [-0.1, -0.05) is 6.92 Å². The van der Waals surface area contributed by atoms with Gasteiger partial charge in [-0.25, -0.2) is 0 Å². The van der Waals surface area contributed by atoms with Crippen LogP contribution in [0.2, 0.25) is 0 Å². The highest BCUT2D eigenvalue weighted by molar-refractivity contribution is 6.41. The molecule has 18 heavy (non-hydrogen) atoms. The zero-order chi connectivity index (χ0) is 13.0. The molecular formula is C11H11N3O4. The van der Waals surface area contributed by atoms with E-state index in [-0.39, 0.29) is 18.2 Å². The average molecular weight is 249 g/mol. The van der Waals surface area contributed by atoms with Crippen molar-refractivity contribution in [2.75, 3.05) is 0 Å². The van der Waals surface area contributed by atoms with Crippen LogP contribution in [-0.2, 0) is 17.8 Å². The summed E-state index contributed by atoms with van der Waals surface area (Å²) in [6.07, 6.45) is 1.94. The van der Waals surface area contributed by atoms with E-state index in [1.54, 1.807) is 0 Å². The summed E-state index contributed by atoms with van der Waals surface area (Å²) >= 11 is 0. The van der Waals surface area contributed by atoms with Crippen LogP contribution in [0.5, 0.6) is 0 Å². The predicted octanol–water partition coefficient (Wildman–Crippen LogP) is 0.724. The van der Waals surface area contributed by atoms with Gasteiger partial charge < -0.3 is 14.2 Å². The third-order valence-electron chi connectivity index (χ3n) is 2.16. The van der Waals surface area contributed by atoms with E-state index < -0.39 is 11.7 Å². The molecule has 0 radical (unpaired) electrons. The van der Waals surface area contributed by atoms with Gasteiger partial charge >= 0.3 is 0 Å². The lowest BCUT2D eigenvalue weighted by Crippen LogP contribution is -2.30. The van der Waals surface area contributed by atoms with Crippen LogP contribution >= 0.6 is 0 Å². The van der Waals surface area contributed by atoms with Gasteiger partial charge in [0, 0.05) is 6.42 Å². The van der Waals surface area contributed by atoms with E-state index in [1.807, 2.05) is 6.92 Å². The number of aryl methyl sites for hydroxylation is 1. The van der Waals surface area contributed by atoms with Crippen LogP contribution in [0.4, 0.5) is 0 Å². The molecule has 0 unspecified atom stereocenters. The van der Waals surface area contributed by atoms with Gasteiger partial charge in [0.2, 0.25) is 11.8 Å². The molecule has 1 amide bonds. The van der Waals surface area contributed by atoms with Crippen molar-refractivity contribution < 1.29 is 18.4 Å². The lowest BCUT2D eigenvalue weighted by Gasteiger charge is -1.98. The molecule has 2 heterocycles. The topological polar surface area (TPSA) is 98.2 Å². The molecular weight excluding hydrogens is 238 g/mol. The van der Waals surface area contributed by atoms with Crippen LogP contribution in [0.15, 0.2) is 27.2 Å². The van der Waals surface area contributed by atoms with Crippen LogP contribution in [0, 0.1) is 0 Å². The molecule has 94 valence electrons. The molecule has 0 saturated carbocycles. The number of nitrogens with zero attached hydrogens (tertiary/aromatic N) is 2. The lowest BCUT2D eigenvalue weighted by atomic mass is 10.3. The maximum atomic E-state index is 11.5. The Morgan fingerprint density at radius 2 is 2.11 bits per heavy atom. The Morgan fingerprint density at radius 3 is 2.72 bits per heavy atom. The highest BCUT2D eigenvalue weighted by atomic mass is 16.4. The highest BCUT2D eigenvalue weighted by Crippen LogP contribution is 2.02. The molecule has 0 aliphatic carbocycles. The normalized spacial score (nSPS) is 10.3.